The van der Waals surface area contributed by atoms with Gasteiger partial charge in [0.1, 0.15) is 0 Å². The third-order valence-corrected chi connectivity index (χ3v) is 20.9. The summed E-state index contributed by atoms with van der Waals surface area (Å²) in [7, 11) is 0. The quantitative estimate of drug-likeness (QED) is 0.0629. The monoisotopic (exact) mass is 1890 g/mol. The summed E-state index contributed by atoms with van der Waals surface area (Å²) in [5.74, 6) is -7.50. The van der Waals surface area contributed by atoms with Crippen LogP contribution in [0.4, 0.5) is 0 Å². The molecule has 0 aliphatic carbocycles. The van der Waals surface area contributed by atoms with Gasteiger partial charge in [0.2, 0.25) is 0 Å². The summed E-state index contributed by atoms with van der Waals surface area (Å²) in [6.45, 7) is 0. The third kappa shape index (κ3) is 15.4. The van der Waals surface area contributed by atoms with Crippen molar-refractivity contribution in [2.24, 2.45) is 0 Å². The van der Waals surface area contributed by atoms with Crippen LogP contribution in [0.2, 0.25) is 0 Å². The standard InChI is InChI=1S/3C20H12I2O4.2Y/c3*21-15-10-14(16(19(23)24)17(18(15)22)20(25)26)13-9-5-4-8-12(13)11-6-2-1-3-7-11;;/h3*1-10H,(H,23,24)(H,25,26);;. The number of hydrogen-bond acceptors (Lipinski definition) is 6. The average Bonchev–Trinajstić information content (AvgIpc) is 3.43. The molecule has 0 unspecified atom stereocenters. The molecule has 9 rings (SSSR count). The molecule has 80 heavy (non-hydrogen) atoms. The number of benzene rings is 9. The predicted molar refractivity (Wildman–Crippen MR) is 350 cm³/mol. The summed E-state index contributed by atoms with van der Waals surface area (Å²) in [5, 5.41) is 58.1. The first kappa shape index (κ1) is 67.2. The minimum Gasteiger partial charge on any atom is -0.478 e. The molecule has 0 saturated carbocycles. The Morgan fingerprint density at radius 1 is 0.237 bits per heavy atom. The number of rotatable bonds is 12. The smallest absolute Gasteiger partial charge is 0.337 e. The minimum atomic E-state index is -1.26. The van der Waals surface area contributed by atoms with Crippen molar-refractivity contribution in [1.82, 2.24) is 0 Å². The van der Waals surface area contributed by atoms with Crippen LogP contribution in [0.15, 0.2) is 182 Å². The second kappa shape index (κ2) is 30.8. The molecule has 0 heterocycles. The van der Waals surface area contributed by atoms with Crippen molar-refractivity contribution >= 4 is 171 Å². The van der Waals surface area contributed by atoms with Crippen LogP contribution in [-0.4, -0.2) is 66.5 Å². The van der Waals surface area contributed by atoms with Crippen molar-refractivity contribution < 1.29 is 125 Å². The largest absolute Gasteiger partial charge is 0.478 e. The Hall–Kier alpha value is -3.61. The van der Waals surface area contributed by atoms with Crippen LogP contribution >= 0.6 is 136 Å². The van der Waals surface area contributed by atoms with Crippen LogP contribution in [0.5, 0.6) is 0 Å². The third-order valence-electron chi connectivity index (χ3n) is 11.8. The summed E-state index contributed by atoms with van der Waals surface area (Å²) < 4.78 is 3.37. The Bertz CT molecular complexity index is 3450. The SMILES string of the molecule is O=C(O)c1c(-c2ccccc2-c2ccccc2)cc(I)c(I)c1C(=O)O.O=C(O)c1c(-c2ccccc2-c2ccccc2)cc(I)c(I)c1C(=O)O.O=C(O)c1c(-c2ccccc2-c2ccccc2)cc(I)c(I)c1C(=O)O.[Y].[Y]. The van der Waals surface area contributed by atoms with E-state index < -0.39 is 35.8 Å². The second-order valence-corrected chi connectivity index (χ2v) is 23.2. The molecule has 0 amide bonds. The van der Waals surface area contributed by atoms with E-state index in [1.165, 1.54) is 0 Å². The number of carbonyl (C=O) groups is 6. The van der Waals surface area contributed by atoms with Crippen molar-refractivity contribution in [2.45, 2.75) is 0 Å². The van der Waals surface area contributed by atoms with Gasteiger partial charge in [0.15, 0.2) is 0 Å². The molecule has 0 aliphatic rings. The van der Waals surface area contributed by atoms with Gasteiger partial charge in [0.25, 0.3) is 0 Å². The molecular formula is C60H36I6O12Y2. The molecule has 2 radical (unpaired) electrons. The van der Waals surface area contributed by atoms with Crippen molar-refractivity contribution in [2.75, 3.05) is 0 Å². The molecule has 9 aromatic rings. The molecule has 0 saturated heterocycles. The van der Waals surface area contributed by atoms with Crippen LogP contribution in [0.1, 0.15) is 62.1 Å². The van der Waals surface area contributed by atoms with Crippen LogP contribution in [0.25, 0.3) is 66.8 Å². The maximum atomic E-state index is 12.0. The number of aromatic carboxylic acids is 6. The van der Waals surface area contributed by atoms with Gasteiger partial charge in [-0.15, -0.1) is 0 Å². The predicted octanol–water partition coefficient (Wildman–Crippen LogP) is 16.9. The van der Waals surface area contributed by atoms with E-state index in [0.717, 1.165) is 33.4 Å². The molecule has 0 bridgehead atoms. The fraction of sp³-hybridized carbons (Fsp3) is 0. The molecule has 9 aromatic carbocycles. The van der Waals surface area contributed by atoms with Gasteiger partial charge in [-0.05, 0) is 221 Å². The van der Waals surface area contributed by atoms with Crippen molar-refractivity contribution in [1.29, 1.82) is 0 Å². The van der Waals surface area contributed by atoms with Gasteiger partial charge in [0.05, 0.1) is 33.4 Å². The van der Waals surface area contributed by atoms with Gasteiger partial charge in [-0.1, -0.05) is 164 Å². The summed E-state index contributed by atoms with van der Waals surface area (Å²) in [5.41, 5.74) is 7.53. The summed E-state index contributed by atoms with van der Waals surface area (Å²) in [6, 6.07) is 56.3. The normalized spacial score (nSPS) is 10.3. The van der Waals surface area contributed by atoms with E-state index in [2.05, 4.69) is 0 Å². The Labute approximate surface area is 590 Å². The van der Waals surface area contributed by atoms with E-state index in [1.807, 2.05) is 299 Å². The van der Waals surface area contributed by atoms with E-state index in [4.69, 9.17) is 0 Å². The summed E-state index contributed by atoms with van der Waals surface area (Å²) in [4.78, 5) is 71.2. The molecule has 0 fully saturated rings. The van der Waals surface area contributed by atoms with E-state index >= 15 is 0 Å². The van der Waals surface area contributed by atoms with E-state index in [0.29, 0.717) is 54.8 Å². The topological polar surface area (TPSA) is 224 Å². The van der Waals surface area contributed by atoms with Gasteiger partial charge >= 0.3 is 35.8 Å². The average molecular weight is 1890 g/mol. The van der Waals surface area contributed by atoms with Crippen LogP contribution in [-0.2, 0) is 65.4 Å². The molecule has 0 aliphatic heterocycles. The molecule has 6 N–H and O–H groups in total. The maximum Gasteiger partial charge on any atom is 0.337 e. The Kier molecular flexibility index (Phi) is 25.9. The minimum absolute atomic E-state index is 0. The van der Waals surface area contributed by atoms with Crippen molar-refractivity contribution in [3.05, 3.63) is 237 Å². The van der Waals surface area contributed by atoms with Crippen molar-refractivity contribution in [3.63, 3.8) is 0 Å². The first-order valence-electron chi connectivity index (χ1n) is 22.6. The van der Waals surface area contributed by atoms with E-state index in [1.54, 1.807) is 18.2 Å². The summed E-state index contributed by atoms with van der Waals surface area (Å²) >= 11 is 11.8. The Morgan fingerprint density at radius 2 is 0.412 bits per heavy atom. The molecule has 396 valence electrons. The molecule has 12 nitrogen and oxygen atoms in total. The maximum absolute atomic E-state index is 12.0. The second-order valence-electron chi connectivity index (χ2n) is 16.5. The molecule has 0 atom stereocenters. The van der Waals surface area contributed by atoms with Gasteiger partial charge in [0, 0.05) is 86.8 Å². The van der Waals surface area contributed by atoms with Gasteiger partial charge in [-0.2, -0.15) is 0 Å². The first-order chi connectivity index (χ1) is 37.2. The Balaban J connectivity index is 0.000000218. The zero-order valence-corrected chi connectivity index (χ0v) is 59.5. The van der Waals surface area contributed by atoms with Crippen molar-refractivity contribution in [3.8, 4) is 66.8 Å². The first-order valence-corrected chi connectivity index (χ1v) is 29.1. The Morgan fingerprint density at radius 3 is 0.600 bits per heavy atom. The number of hydrogen-bond donors (Lipinski definition) is 6. The summed E-state index contributed by atoms with van der Waals surface area (Å²) in [6.07, 6.45) is 0. The fourth-order valence-corrected chi connectivity index (χ4v) is 12.3. The van der Waals surface area contributed by atoms with Crippen LogP contribution < -0.4 is 0 Å². The van der Waals surface area contributed by atoms with Gasteiger partial charge in [-0.3, -0.25) is 0 Å². The van der Waals surface area contributed by atoms with E-state index in [-0.39, 0.29) is 98.8 Å². The number of carboxylic acids is 6. The zero-order chi connectivity index (χ0) is 56.5. The number of carboxylic acid groups (broad SMARTS) is 6. The van der Waals surface area contributed by atoms with Crippen LogP contribution in [0, 0.1) is 21.4 Å². The van der Waals surface area contributed by atoms with Gasteiger partial charge < -0.3 is 30.6 Å². The van der Waals surface area contributed by atoms with Crippen LogP contribution in [0.3, 0.4) is 0 Å². The molecular weight excluding hydrogens is 1850 g/mol. The molecule has 20 heteroatoms. The fourth-order valence-electron chi connectivity index (χ4n) is 8.55. The molecule has 0 aromatic heterocycles. The number of halogens is 6. The van der Waals surface area contributed by atoms with Gasteiger partial charge in [-0.25, -0.2) is 28.8 Å². The van der Waals surface area contributed by atoms with E-state index in [9.17, 15) is 59.4 Å². The molecule has 0 spiro atoms. The zero-order valence-electron chi connectivity index (χ0n) is 40.9.